The summed E-state index contributed by atoms with van der Waals surface area (Å²) in [7, 11) is 2.06. The molecule has 2 N–H and O–H groups in total. The average Bonchev–Trinajstić information content (AvgIpc) is 2.72. The molecule has 0 saturated heterocycles. The highest BCUT2D eigenvalue weighted by atomic mass is 35.5. The van der Waals surface area contributed by atoms with Gasteiger partial charge in [0.15, 0.2) is 5.82 Å². The van der Waals surface area contributed by atoms with Gasteiger partial charge in [-0.25, -0.2) is 14.4 Å². The number of carbonyl (C=O) groups excluding carboxylic acids is 1. The number of hydrogen-bond donors (Lipinski definition) is 2. The van der Waals surface area contributed by atoms with E-state index in [0.717, 1.165) is 0 Å². The zero-order chi connectivity index (χ0) is 22.7. The second kappa shape index (κ2) is 9.81. The summed E-state index contributed by atoms with van der Waals surface area (Å²) < 4.78 is 14.4. The molecular formula is C23H22Cl2FN5O. The van der Waals surface area contributed by atoms with Crippen molar-refractivity contribution in [2.75, 3.05) is 24.2 Å². The van der Waals surface area contributed by atoms with Crippen molar-refractivity contribution < 1.29 is 9.18 Å². The minimum absolute atomic E-state index is 0.0119. The van der Waals surface area contributed by atoms with Gasteiger partial charge in [0.2, 0.25) is 5.91 Å². The maximum atomic E-state index is 14.4. The molecule has 3 aromatic rings. The summed E-state index contributed by atoms with van der Waals surface area (Å²) in [5.74, 6) is -0.589. The van der Waals surface area contributed by atoms with Gasteiger partial charge in [0.1, 0.15) is 12.1 Å². The summed E-state index contributed by atoms with van der Waals surface area (Å²) in [4.78, 5) is 23.1. The molecule has 6 nitrogen and oxygen atoms in total. The van der Waals surface area contributed by atoms with Gasteiger partial charge in [0, 0.05) is 18.7 Å². The van der Waals surface area contributed by atoms with Gasteiger partial charge in [-0.1, -0.05) is 41.8 Å². The fourth-order valence-corrected chi connectivity index (χ4v) is 3.98. The highest BCUT2D eigenvalue weighted by Crippen LogP contribution is 2.36. The largest absolute Gasteiger partial charge is 0.337 e. The Morgan fingerprint density at radius 3 is 2.78 bits per heavy atom. The molecule has 32 heavy (non-hydrogen) atoms. The number of anilines is 3. The fraction of sp³-hybridized carbons (Fsp3) is 0.261. The summed E-state index contributed by atoms with van der Waals surface area (Å²) in [5, 5.41) is 6.41. The molecule has 0 bridgehead atoms. The minimum Gasteiger partial charge on any atom is -0.337 e. The molecule has 1 heterocycles. The third-order valence-corrected chi connectivity index (χ3v) is 6.25. The molecule has 0 atom stereocenters. The van der Waals surface area contributed by atoms with E-state index in [0.29, 0.717) is 35.0 Å². The van der Waals surface area contributed by atoms with Crippen molar-refractivity contribution in [1.82, 2.24) is 14.9 Å². The van der Waals surface area contributed by atoms with Crippen LogP contribution in [0.5, 0.6) is 0 Å². The fourth-order valence-electron chi connectivity index (χ4n) is 3.51. The molecule has 1 aromatic heterocycles. The van der Waals surface area contributed by atoms with E-state index in [1.807, 2.05) is 6.08 Å². The lowest BCUT2D eigenvalue weighted by molar-refractivity contribution is -0.111. The highest BCUT2D eigenvalue weighted by molar-refractivity contribution is 6.39. The number of aromatic nitrogens is 2. The average molecular weight is 474 g/mol. The van der Waals surface area contributed by atoms with E-state index in [9.17, 15) is 9.18 Å². The van der Waals surface area contributed by atoms with Crippen molar-refractivity contribution in [3.63, 3.8) is 0 Å². The number of carbonyl (C=O) groups is 1. The zero-order valence-electron chi connectivity index (χ0n) is 17.4. The molecular weight excluding hydrogens is 452 g/mol. The standard InChI is InChI=1S/C23H22Cl2FN5O/c1-31(14-5-2-6-14)12-4-9-19(32)29-17-11-10-16-20(21(17)25)23(28-13-27-16)30-18-8-3-7-15(24)22(18)26/h3-4,7-11,13-14H,2,5-6,12H2,1H3,(H,29,32)(H,27,28,30)/b9-4+. The van der Waals surface area contributed by atoms with E-state index in [1.54, 1.807) is 24.3 Å². The molecule has 0 aliphatic heterocycles. The SMILES string of the molecule is CN(C/C=C/C(=O)Nc1ccc2ncnc(Nc3cccc(Cl)c3F)c2c1Cl)C1CCC1. The van der Waals surface area contributed by atoms with Crippen molar-refractivity contribution in [3.8, 4) is 0 Å². The molecule has 1 fully saturated rings. The Labute approximate surface area is 195 Å². The number of rotatable bonds is 7. The number of likely N-dealkylation sites (N-methyl/N-ethyl adjacent to an activating group) is 1. The predicted octanol–water partition coefficient (Wildman–Crippen LogP) is 5.80. The van der Waals surface area contributed by atoms with Crippen molar-refractivity contribution in [2.24, 2.45) is 0 Å². The number of nitrogens with one attached hydrogen (secondary N) is 2. The Hall–Kier alpha value is -2.74. The molecule has 0 radical (unpaired) electrons. The van der Waals surface area contributed by atoms with E-state index < -0.39 is 5.82 Å². The van der Waals surface area contributed by atoms with Crippen LogP contribution in [-0.4, -0.2) is 40.4 Å². The van der Waals surface area contributed by atoms with Gasteiger partial charge in [0.05, 0.1) is 32.3 Å². The lowest BCUT2D eigenvalue weighted by Crippen LogP contribution is -2.37. The Balaban J connectivity index is 1.54. The van der Waals surface area contributed by atoms with Crippen LogP contribution in [0, 0.1) is 5.82 Å². The van der Waals surface area contributed by atoms with E-state index >= 15 is 0 Å². The van der Waals surface area contributed by atoms with Crippen molar-refractivity contribution in [1.29, 1.82) is 0 Å². The van der Waals surface area contributed by atoms with Crippen LogP contribution in [-0.2, 0) is 4.79 Å². The first-order valence-electron chi connectivity index (χ1n) is 10.3. The number of halogens is 3. The topological polar surface area (TPSA) is 70.2 Å². The first kappa shape index (κ1) is 22.5. The predicted molar refractivity (Wildman–Crippen MR) is 127 cm³/mol. The van der Waals surface area contributed by atoms with Crippen molar-refractivity contribution in [2.45, 2.75) is 25.3 Å². The number of nitrogens with zero attached hydrogens (tertiary/aromatic N) is 3. The lowest BCUT2D eigenvalue weighted by Gasteiger charge is -2.33. The molecule has 0 unspecified atom stereocenters. The lowest BCUT2D eigenvalue weighted by atomic mass is 9.92. The Morgan fingerprint density at radius 1 is 1.22 bits per heavy atom. The van der Waals surface area contributed by atoms with Gasteiger partial charge in [-0.2, -0.15) is 0 Å². The van der Waals surface area contributed by atoms with Crippen LogP contribution in [0.3, 0.4) is 0 Å². The number of benzene rings is 2. The van der Waals surface area contributed by atoms with E-state index in [4.69, 9.17) is 23.2 Å². The summed E-state index contributed by atoms with van der Waals surface area (Å²) in [6.07, 6.45) is 8.37. The van der Waals surface area contributed by atoms with Gasteiger partial charge in [0.25, 0.3) is 0 Å². The number of fused-ring (bicyclic) bond motifs is 1. The molecule has 1 aliphatic rings. The monoisotopic (exact) mass is 473 g/mol. The summed E-state index contributed by atoms with van der Waals surface area (Å²) in [6, 6.07) is 8.62. The van der Waals surface area contributed by atoms with E-state index in [2.05, 4.69) is 32.5 Å². The van der Waals surface area contributed by atoms with Crippen LogP contribution in [0.15, 0.2) is 48.8 Å². The molecule has 166 valence electrons. The van der Waals surface area contributed by atoms with Crippen LogP contribution in [0.25, 0.3) is 10.9 Å². The van der Waals surface area contributed by atoms with Gasteiger partial charge >= 0.3 is 0 Å². The van der Waals surface area contributed by atoms with E-state index in [-0.39, 0.29) is 21.6 Å². The van der Waals surface area contributed by atoms with Crippen LogP contribution in [0.1, 0.15) is 19.3 Å². The molecule has 9 heteroatoms. The van der Waals surface area contributed by atoms with E-state index in [1.165, 1.54) is 37.7 Å². The Kier molecular flexibility index (Phi) is 6.89. The third kappa shape index (κ3) is 4.85. The molecule has 0 spiro atoms. The molecule has 2 aromatic carbocycles. The van der Waals surface area contributed by atoms with Crippen LogP contribution < -0.4 is 10.6 Å². The maximum absolute atomic E-state index is 14.4. The van der Waals surface area contributed by atoms with Crippen molar-refractivity contribution >= 4 is 57.2 Å². The van der Waals surface area contributed by atoms with Gasteiger partial charge in [-0.05, 0) is 44.2 Å². The van der Waals surface area contributed by atoms with Gasteiger partial charge in [-0.15, -0.1) is 0 Å². The zero-order valence-corrected chi connectivity index (χ0v) is 18.9. The molecule has 1 aliphatic carbocycles. The van der Waals surface area contributed by atoms with Crippen LogP contribution >= 0.6 is 23.2 Å². The van der Waals surface area contributed by atoms with Gasteiger partial charge < -0.3 is 10.6 Å². The summed E-state index contributed by atoms with van der Waals surface area (Å²) in [5.41, 5.74) is 1.11. The van der Waals surface area contributed by atoms with Gasteiger partial charge in [-0.3, -0.25) is 9.69 Å². The first-order chi connectivity index (χ1) is 15.4. The second-order valence-corrected chi connectivity index (χ2v) is 8.47. The molecule has 1 amide bonds. The first-order valence-corrected chi connectivity index (χ1v) is 11.0. The maximum Gasteiger partial charge on any atom is 0.248 e. The minimum atomic E-state index is -0.599. The summed E-state index contributed by atoms with van der Waals surface area (Å²) in [6.45, 7) is 0.705. The van der Waals surface area contributed by atoms with Crippen molar-refractivity contribution in [3.05, 3.63) is 64.7 Å². The number of amides is 1. The Bertz CT molecular complexity index is 1180. The number of hydrogen-bond acceptors (Lipinski definition) is 5. The normalized spacial score (nSPS) is 14.2. The Morgan fingerprint density at radius 2 is 2.03 bits per heavy atom. The van der Waals surface area contributed by atoms with Crippen LogP contribution in [0.2, 0.25) is 10.0 Å². The molecule has 1 saturated carbocycles. The summed E-state index contributed by atoms with van der Waals surface area (Å²) >= 11 is 12.5. The third-order valence-electron chi connectivity index (χ3n) is 5.56. The highest BCUT2D eigenvalue weighted by Gasteiger charge is 2.20. The van der Waals surface area contributed by atoms with Crippen LogP contribution in [0.4, 0.5) is 21.6 Å². The quantitative estimate of drug-likeness (QED) is 0.424. The smallest absolute Gasteiger partial charge is 0.248 e. The molecule has 4 rings (SSSR count). The second-order valence-electron chi connectivity index (χ2n) is 7.69.